The SMILES string of the molecule is CC(C#N)(CSc1cccc(Cl)c1)NC1CC1. The highest BCUT2D eigenvalue weighted by Crippen LogP contribution is 2.28. The van der Waals surface area contributed by atoms with Crippen LogP contribution in [0.4, 0.5) is 0 Å². The second-order valence-electron chi connectivity index (χ2n) is 4.61. The Hall–Kier alpha value is -0.690. The highest BCUT2D eigenvalue weighted by atomic mass is 35.5. The molecular weight excluding hydrogens is 252 g/mol. The van der Waals surface area contributed by atoms with Crippen LogP contribution in [0.3, 0.4) is 0 Å². The van der Waals surface area contributed by atoms with Crippen molar-refractivity contribution in [3.05, 3.63) is 29.3 Å². The van der Waals surface area contributed by atoms with Gasteiger partial charge in [0.2, 0.25) is 0 Å². The van der Waals surface area contributed by atoms with Crippen LogP contribution in [0.15, 0.2) is 29.2 Å². The number of nitriles is 1. The fourth-order valence-corrected chi connectivity index (χ4v) is 2.81. The second kappa shape index (κ2) is 5.30. The summed E-state index contributed by atoms with van der Waals surface area (Å²) in [6.07, 6.45) is 2.39. The molecule has 0 amide bonds. The Morgan fingerprint density at radius 3 is 2.94 bits per heavy atom. The Morgan fingerprint density at radius 1 is 1.59 bits per heavy atom. The molecule has 0 aromatic heterocycles. The van der Waals surface area contributed by atoms with Gasteiger partial charge in [0, 0.05) is 21.7 Å². The van der Waals surface area contributed by atoms with Gasteiger partial charge in [0.05, 0.1) is 6.07 Å². The first kappa shape index (κ1) is 12.8. The third kappa shape index (κ3) is 3.92. The minimum atomic E-state index is -0.450. The van der Waals surface area contributed by atoms with E-state index in [1.165, 1.54) is 12.8 Å². The summed E-state index contributed by atoms with van der Waals surface area (Å²) in [5.74, 6) is 0.736. The van der Waals surface area contributed by atoms with Crippen molar-refractivity contribution < 1.29 is 0 Å². The van der Waals surface area contributed by atoms with Crippen LogP contribution in [0.1, 0.15) is 19.8 Å². The molecule has 4 heteroatoms. The van der Waals surface area contributed by atoms with Crippen LogP contribution in [-0.4, -0.2) is 17.3 Å². The van der Waals surface area contributed by atoms with E-state index in [1.54, 1.807) is 11.8 Å². The van der Waals surface area contributed by atoms with Crippen LogP contribution in [0.25, 0.3) is 0 Å². The van der Waals surface area contributed by atoms with E-state index in [0.717, 1.165) is 15.7 Å². The van der Waals surface area contributed by atoms with Crippen LogP contribution in [-0.2, 0) is 0 Å². The van der Waals surface area contributed by atoms with E-state index in [4.69, 9.17) is 11.6 Å². The van der Waals surface area contributed by atoms with E-state index in [0.29, 0.717) is 6.04 Å². The summed E-state index contributed by atoms with van der Waals surface area (Å²) < 4.78 is 0. The highest BCUT2D eigenvalue weighted by molar-refractivity contribution is 7.99. The van der Waals surface area contributed by atoms with Gasteiger partial charge in [0.25, 0.3) is 0 Å². The van der Waals surface area contributed by atoms with E-state index >= 15 is 0 Å². The first-order valence-corrected chi connectivity index (χ1v) is 7.05. The topological polar surface area (TPSA) is 35.8 Å². The highest BCUT2D eigenvalue weighted by Gasteiger charge is 2.32. The van der Waals surface area contributed by atoms with E-state index < -0.39 is 5.54 Å². The molecule has 90 valence electrons. The Labute approximate surface area is 111 Å². The monoisotopic (exact) mass is 266 g/mol. The second-order valence-corrected chi connectivity index (χ2v) is 6.09. The van der Waals surface area contributed by atoms with Gasteiger partial charge in [-0.15, -0.1) is 11.8 Å². The maximum Gasteiger partial charge on any atom is 0.113 e. The van der Waals surface area contributed by atoms with E-state index in [-0.39, 0.29) is 0 Å². The van der Waals surface area contributed by atoms with Crippen molar-refractivity contribution in [2.45, 2.75) is 36.2 Å². The average Bonchev–Trinajstić information content (AvgIpc) is 3.11. The Balaban J connectivity index is 1.93. The molecule has 1 fully saturated rings. The molecule has 1 N–H and O–H groups in total. The lowest BCUT2D eigenvalue weighted by atomic mass is 10.1. The van der Waals surface area contributed by atoms with Gasteiger partial charge in [-0.25, -0.2) is 0 Å². The van der Waals surface area contributed by atoms with Gasteiger partial charge in [-0.1, -0.05) is 17.7 Å². The fraction of sp³-hybridized carbons (Fsp3) is 0.462. The maximum atomic E-state index is 9.24. The Morgan fingerprint density at radius 2 is 2.35 bits per heavy atom. The summed E-state index contributed by atoms with van der Waals surface area (Å²) in [6.45, 7) is 1.96. The average molecular weight is 267 g/mol. The number of nitrogens with zero attached hydrogens (tertiary/aromatic N) is 1. The summed E-state index contributed by atoms with van der Waals surface area (Å²) in [7, 11) is 0. The van der Waals surface area contributed by atoms with Crippen LogP contribution in [0, 0.1) is 11.3 Å². The minimum Gasteiger partial charge on any atom is -0.296 e. The molecule has 1 atom stereocenters. The van der Waals surface area contributed by atoms with Crippen molar-refractivity contribution in [2.24, 2.45) is 0 Å². The molecular formula is C13H15ClN2S. The lowest BCUT2D eigenvalue weighted by molar-refractivity contribution is 0.490. The summed E-state index contributed by atoms with van der Waals surface area (Å²) in [5, 5.41) is 13.4. The molecule has 1 unspecified atom stereocenters. The third-order valence-electron chi connectivity index (χ3n) is 2.67. The fourth-order valence-electron chi connectivity index (χ4n) is 1.57. The molecule has 2 nitrogen and oxygen atoms in total. The Bertz CT molecular complexity index is 439. The molecule has 1 aliphatic carbocycles. The van der Waals surface area contributed by atoms with Gasteiger partial charge in [0.15, 0.2) is 0 Å². The molecule has 0 spiro atoms. The number of hydrogen-bond acceptors (Lipinski definition) is 3. The summed E-state index contributed by atoms with van der Waals surface area (Å²) >= 11 is 7.60. The molecule has 1 aromatic rings. The van der Waals surface area contributed by atoms with E-state index in [9.17, 15) is 5.26 Å². The summed E-state index contributed by atoms with van der Waals surface area (Å²) in [5.41, 5.74) is -0.450. The largest absolute Gasteiger partial charge is 0.296 e. The summed E-state index contributed by atoms with van der Waals surface area (Å²) in [4.78, 5) is 1.11. The number of nitrogens with one attached hydrogen (secondary N) is 1. The normalized spacial score (nSPS) is 18.4. The van der Waals surface area contributed by atoms with Gasteiger partial charge < -0.3 is 0 Å². The van der Waals surface area contributed by atoms with Gasteiger partial charge in [-0.05, 0) is 38.0 Å². The van der Waals surface area contributed by atoms with Crippen molar-refractivity contribution in [1.29, 1.82) is 5.26 Å². The van der Waals surface area contributed by atoms with Crippen molar-refractivity contribution in [3.8, 4) is 6.07 Å². The summed E-state index contributed by atoms with van der Waals surface area (Å²) in [6, 6.07) is 10.7. The molecule has 0 radical (unpaired) electrons. The van der Waals surface area contributed by atoms with Gasteiger partial charge >= 0.3 is 0 Å². The number of rotatable bonds is 5. The molecule has 0 bridgehead atoms. The molecule has 17 heavy (non-hydrogen) atoms. The Kier molecular flexibility index (Phi) is 3.98. The standard InChI is InChI=1S/C13H15ClN2S/c1-13(8-15,16-11-5-6-11)9-17-12-4-2-3-10(14)7-12/h2-4,7,11,16H,5-6,9H2,1H3. The number of thioether (sulfide) groups is 1. The third-order valence-corrected chi connectivity index (χ3v) is 4.21. The lowest BCUT2D eigenvalue weighted by Crippen LogP contribution is -2.44. The van der Waals surface area contributed by atoms with Crippen LogP contribution >= 0.6 is 23.4 Å². The van der Waals surface area contributed by atoms with Crippen LogP contribution in [0.5, 0.6) is 0 Å². The van der Waals surface area contributed by atoms with Gasteiger partial charge in [-0.3, -0.25) is 5.32 Å². The lowest BCUT2D eigenvalue weighted by Gasteiger charge is -2.22. The molecule has 0 saturated heterocycles. The molecule has 0 aliphatic heterocycles. The van der Waals surface area contributed by atoms with E-state index in [1.807, 2.05) is 31.2 Å². The first-order chi connectivity index (χ1) is 8.11. The van der Waals surface area contributed by atoms with Gasteiger partial charge in [0.1, 0.15) is 5.54 Å². The van der Waals surface area contributed by atoms with Crippen LogP contribution in [0.2, 0.25) is 5.02 Å². The smallest absolute Gasteiger partial charge is 0.113 e. The minimum absolute atomic E-state index is 0.450. The predicted octanol–water partition coefficient (Wildman–Crippen LogP) is 3.47. The number of hydrogen-bond donors (Lipinski definition) is 1. The van der Waals surface area contributed by atoms with Crippen molar-refractivity contribution in [2.75, 3.05) is 5.75 Å². The van der Waals surface area contributed by atoms with Crippen molar-refractivity contribution in [1.82, 2.24) is 5.32 Å². The van der Waals surface area contributed by atoms with Crippen molar-refractivity contribution in [3.63, 3.8) is 0 Å². The molecule has 0 heterocycles. The zero-order valence-electron chi connectivity index (χ0n) is 9.74. The van der Waals surface area contributed by atoms with E-state index in [2.05, 4.69) is 11.4 Å². The molecule has 2 rings (SSSR count). The zero-order valence-corrected chi connectivity index (χ0v) is 11.3. The first-order valence-electron chi connectivity index (χ1n) is 5.69. The molecule has 1 aliphatic rings. The quantitative estimate of drug-likeness (QED) is 0.829. The number of benzene rings is 1. The predicted molar refractivity (Wildman–Crippen MR) is 72.4 cm³/mol. The van der Waals surface area contributed by atoms with Crippen LogP contribution < -0.4 is 5.32 Å². The van der Waals surface area contributed by atoms with Gasteiger partial charge in [-0.2, -0.15) is 5.26 Å². The maximum absolute atomic E-state index is 9.24. The number of halogens is 1. The zero-order chi connectivity index (χ0) is 12.3. The molecule has 1 aromatic carbocycles. The molecule has 1 saturated carbocycles. The van der Waals surface area contributed by atoms with Crippen molar-refractivity contribution >= 4 is 23.4 Å².